The van der Waals surface area contributed by atoms with Crippen LogP contribution in [0.3, 0.4) is 0 Å². The highest BCUT2D eigenvalue weighted by Crippen LogP contribution is 2.20. The summed E-state index contributed by atoms with van der Waals surface area (Å²) < 4.78 is 0. The van der Waals surface area contributed by atoms with Crippen LogP contribution in [-0.2, 0) is 4.79 Å². The van der Waals surface area contributed by atoms with E-state index >= 15 is 0 Å². The van der Waals surface area contributed by atoms with Gasteiger partial charge in [-0.15, -0.1) is 0 Å². The summed E-state index contributed by atoms with van der Waals surface area (Å²) in [5, 5.41) is 6.01. The van der Waals surface area contributed by atoms with Crippen molar-refractivity contribution in [3.63, 3.8) is 0 Å². The summed E-state index contributed by atoms with van der Waals surface area (Å²) in [6, 6.07) is 14.0. The smallest absolute Gasteiger partial charge is 0.238 e. The summed E-state index contributed by atoms with van der Waals surface area (Å²) in [6.07, 6.45) is 0.763. The van der Waals surface area contributed by atoms with Crippen LogP contribution in [0.5, 0.6) is 0 Å². The van der Waals surface area contributed by atoms with Crippen LogP contribution in [0, 0.1) is 0 Å². The van der Waals surface area contributed by atoms with Crippen LogP contribution >= 0.6 is 31.9 Å². The number of carbonyl (C=O) groups is 1. The molecule has 0 unspecified atom stereocenters. The zero-order valence-corrected chi connectivity index (χ0v) is 12.9. The molecule has 1 amide bonds. The highest BCUT2D eigenvalue weighted by molar-refractivity contribution is 9.10. The first-order valence-corrected chi connectivity index (χ1v) is 7.74. The average Bonchev–Trinajstić information content (AvgIpc) is 2.39. The van der Waals surface area contributed by atoms with E-state index in [1.165, 1.54) is 5.39 Å². The second kappa shape index (κ2) is 6.34. The molecular formula is C14H13Br2NO. The van der Waals surface area contributed by atoms with Gasteiger partial charge in [-0.2, -0.15) is 0 Å². The van der Waals surface area contributed by atoms with Gasteiger partial charge in [-0.05, 0) is 29.3 Å². The predicted octanol–water partition coefficient (Wildman–Crippen LogP) is 4.33. The van der Waals surface area contributed by atoms with Gasteiger partial charge < -0.3 is 5.32 Å². The molecule has 4 heteroatoms. The van der Waals surface area contributed by atoms with Crippen molar-refractivity contribution in [2.45, 2.75) is 11.2 Å². The molecule has 1 atom stereocenters. The lowest BCUT2D eigenvalue weighted by molar-refractivity contribution is -0.115. The van der Waals surface area contributed by atoms with Crippen LogP contribution in [0.2, 0.25) is 0 Å². The third kappa shape index (κ3) is 3.33. The highest BCUT2D eigenvalue weighted by atomic mass is 79.9. The fraction of sp³-hybridized carbons (Fsp3) is 0.214. The lowest BCUT2D eigenvalue weighted by Gasteiger charge is -2.10. The standard InChI is InChI=1S/C14H13Br2NO/c15-8-7-13(16)14(18)17-12-6-5-10-3-1-2-4-11(10)9-12/h1-6,9,13H,7-8H2,(H,17,18)/t13-/m0/s1. The van der Waals surface area contributed by atoms with Gasteiger partial charge in [0.1, 0.15) is 0 Å². The van der Waals surface area contributed by atoms with Crippen molar-refractivity contribution in [2.24, 2.45) is 0 Å². The normalized spacial score (nSPS) is 12.3. The number of benzene rings is 2. The van der Waals surface area contributed by atoms with E-state index in [-0.39, 0.29) is 10.7 Å². The number of amides is 1. The van der Waals surface area contributed by atoms with E-state index in [0.29, 0.717) is 0 Å². The maximum absolute atomic E-state index is 11.9. The summed E-state index contributed by atoms with van der Waals surface area (Å²) in [5.74, 6) is -0.00951. The number of alkyl halides is 2. The number of anilines is 1. The van der Waals surface area contributed by atoms with E-state index in [0.717, 1.165) is 22.8 Å². The molecule has 0 spiro atoms. The van der Waals surface area contributed by atoms with Crippen molar-refractivity contribution in [1.29, 1.82) is 0 Å². The minimum absolute atomic E-state index is 0.00951. The number of fused-ring (bicyclic) bond motifs is 1. The molecule has 2 aromatic carbocycles. The lowest BCUT2D eigenvalue weighted by Crippen LogP contribution is -2.23. The Morgan fingerprint density at radius 1 is 1.17 bits per heavy atom. The zero-order chi connectivity index (χ0) is 13.0. The summed E-state index contributed by atoms with van der Waals surface area (Å²) in [7, 11) is 0. The van der Waals surface area contributed by atoms with Gasteiger partial charge in [0.15, 0.2) is 0 Å². The van der Waals surface area contributed by atoms with Crippen LogP contribution in [0.15, 0.2) is 42.5 Å². The number of nitrogens with one attached hydrogen (secondary N) is 1. The van der Waals surface area contributed by atoms with Gasteiger partial charge in [-0.25, -0.2) is 0 Å². The average molecular weight is 371 g/mol. The second-order valence-electron chi connectivity index (χ2n) is 4.00. The van der Waals surface area contributed by atoms with E-state index < -0.39 is 0 Å². The Morgan fingerprint density at radius 3 is 2.61 bits per heavy atom. The molecular weight excluding hydrogens is 358 g/mol. The summed E-state index contributed by atoms with van der Waals surface area (Å²) in [6.45, 7) is 0. The third-order valence-corrected chi connectivity index (χ3v) is 4.00. The second-order valence-corrected chi connectivity index (χ2v) is 5.89. The minimum atomic E-state index is -0.164. The molecule has 18 heavy (non-hydrogen) atoms. The zero-order valence-electron chi connectivity index (χ0n) is 9.70. The quantitative estimate of drug-likeness (QED) is 0.797. The molecule has 2 nitrogen and oxygen atoms in total. The molecule has 0 saturated carbocycles. The van der Waals surface area contributed by atoms with Gasteiger partial charge in [0.2, 0.25) is 5.91 Å². The molecule has 0 aliphatic rings. The van der Waals surface area contributed by atoms with Gasteiger partial charge in [-0.1, -0.05) is 62.2 Å². The maximum Gasteiger partial charge on any atom is 0.238 e. The monoisotopic (exact) mass is 369 g/mol. The molecule has 0 fully saturated rings. The van der Waals surface area contributed by atoms with Crippen LogP contribution in [0.4, 0.5) is 5.69 Å². The Kier molecular flexibility index (Phi) is 4.78. The summed E-state index contributed by atoms with van der Waals surface area (Å²) in [4.78, 5) is 11.7. The Hall–Kier alpha value is -0.870. The molecule has 1 N–H and O–H groups in total. The van der Waals surface area contributed by atoms with Crippen LogP contribution < -0.4 is 5.32 Å². The first-order chi connectivity index (χ1) is 8.70. The topological polar surface area (TPSA) is 29.1 Å². The molecule has 0 aliphatic heterocycles. The van der Waals surface area contributed by atoms with Crippen LogP contribution in [-0.4, -0.2) is 16.1 Å². The van der Waals surface area contributed by atoms with E-state index in [4.69, 9.17) is 0 Å². The van der Waals surface area contributed by atoms with Crippen molar-refractivity contribution in [3.8, 4) is 0 Å². The first-order valence-electron chi connectivity index (χ1n) is 5.70. The van der Waals surface area contributed by atoms with Crippen molar-refractivity contribution in [2.75, 3.05) is 10.6 Å². The highest BCUT2D eigenvalue weighted by Gasteiger charge is 2.13. The summed E-state index contributed by atoms with van der Waals surface area (Å²) in [5.41, 5.74) is 0.831. The Labute approximate surface area is 123 Å². The van der Waals surface area contributed by atoms with Gasteiger partial charge in [0.25, 0.3) is 0 Å². The number of halogens is 2. The molecule has 0 bridgehead atoms. The molecule has 0 aromatic heterocycles. The van der Waals surface area contributed by atoms with E-state index in [1.54, 1.807) is 0 Å². The summed E-state index contributed by atoms with van der Waals surface area (Å²) >= 11 is 6.69. The molecule has 94 valence electrons. The predicted molar refractivity (Wildman–Crippen MR) is 83.7 cm³/mol. The first kappa shape index (κ1) is 13.6. The third-order valence-electron chi connectivity index (χ3n) is 2.66. The number of carbonyl (C=O) groups excluding carboxylic acids is 1. The Bertz CT molecular complexity index is 556. The fourth-order valence-corrected chi connectivity index (χ4v) is 3.13. The molecule has 2 rings (SSSR count). The number of hydrogen-bond donors (Lipinski definition) is 1. The van der Waals surface area contributed by atoms with Crippen LogP contribution in [0.1, 0.15) is 6.42 Å². The van der Waals surface area contributed by atoms with Crippen molar-refractivity contribution in [3.05, 3.63) is 42.5 Å². The molecule has 0 heterocycles. The number of hydrogen-bond acceptors (Lipinski definition) is 1. The molecule has 0 saturated heterocycles. The van der Waals surface area contributed by atoms with Gasteiger partial charge in [0.05, 0.1) is 4.83 Å². The van der Waals surface area contributed by atoms with Gasteiger partial charge in [-0.3, -0.25) is 4.79 Å². The Balaban J connectivity index is 2.14. The molecule has 2 aromatic rings. The van der Waals surface area contributed by atoms with E-state index in [9.17, 15) is 4.79 Å². The van der Waals surface area contributed by atoms with Gasteiger partial charge in [0, 0.05) is 11.0 Å². The maximum atomic E-state index is 11.9. The SMILES string of the molecule is O=C(Nc1ccc2ccccc2c1)[C@@H](Br)CCBr. The fourth-order valence-electron chi connectivity index (χ4n) is 1.71. The van der Waals surface area contributed by atoms with Gasteiger partial charge >= 0.3 is 0 Å². The lowest BCUT2D eigenvalue weighted by atomic mass is 10.1. The van der Waals surface area contributed by atoms with Crippen molar-refractivity contribution in [1.82, 2.24) is 0 Å². The van der Waals surface area contributed by atoms with Crippen molar-refractivity contribution < 1.29 is 4.79 Å². The van der Waals surface area contributed by atoms with Crippen LogP contribution in [0.25, 0.3) is 10.8 Å². The van der Waals surface area contributed by atoms with E-state index in [1.807, 2.05) is 36.4 Å². The molecule has 0 aliphatic carbocycles. The largest absolute Gasteiger partial charge is 0.325 e. The number of rotatable bonds is 4. The van der Waals surface area contributed by atoms with Crippen molar-refractivity contribution >= 4 is 54.2 Å². The Morgan fingerprint density at radius 2 is 1.89 bits per heavy atom. The van der Waals surface area contributed by atoms with E-state index in [2.05, 4.69) is 43.2 Å². The minimum Gasteiger partial charge on any atom is -0.325 e. The molecule has 0 radical (unpaired) electrons.